The van der Waals surface area contributed by atoms with E-state index in [0.717, 1.165) is 34.0 Å². The molecule has 0 radical (unpaired) electrons. The topological polar surface area (TPSA) is 20.3 Å². The van der Waals surface area contributed by atoms with E-state index in [1.165, 1.54) is 6.42 Å². The van der Waals surface area contributed by atoms with E-state index in [1.807, 2.05) is 30.0 Å². The van der Waals surface area contributed by atoms with Crippen molar-refractivity contribution in [1.29, 1.82) is 0 Å². The number of carbonyl (C=O) groups is 1. The third-order valence-electron chi connectivity index (χ3n) is 4.20. The molecular weight excluding hydrogens is 278 g/mol. The van der Waals surface area contributed by atoms with E-state index in [4.69, 9.17) is 0 Å². The maximum atomic E-state index is 12.5. The highest BCUT2D eigenvalue weighted by molar-refractivity contribution is 9.10. The van der Waals surface area contributed by atoms with Gasteiger partial charge in [0.05, 0.1) is 5.56 Å². The smallest absolute Gasteiger partial charge is 0.255 e. The van der Waals surface area contributed by atoms with E-state index < -0.39 is 0 Å². The minimum Gasteiger partial charge on any atom is -0.335 e. The summed E-state index contributed by atoms with van der Waals surface area (Å²) in [6.45, 7) is 5.15. The standard InChI is InChI=1S/C14H16BrNO/c1-8-4-3-5-11(13(8)15)14(17)16-7-10-6-12(10)9(16)2/h3-5,9-10,12H,6-7H2,1-2H3/t9-,10-,12+/m1/s1. The lowest BCUT2D eigenvalue weighted by Gasteiger charge is -2.25. The highest BCUT2D eigenvalue weighted by atomic mass is 79.9. The SMILES string of the molecule is Cc1cccc(C(=O)N2C[C@H]3C[C@H]3[C@H]2C)c1Br. The van der Waals surface area contributed by atoms with E-state index in [-0.39, 0.29) is 5.91 Å². The van der Waals surface area contributed by atoms with Crippen LogP contribution in [0, 0.1) is 18.8 Å². The Morgan fingerprint density at radius 2 is 2.24 bits per heavy atom. The molecule has 1 aliphatic heterocycles. The largest absolute Gasteiger partial charge is 0.335 e. The number of fused-ring (bicyclic) bond motifs is 1. The predicted molar refractivity (Wildman–Crippen MR) is 71.0 cm³/mol. The molecule has 17 heavy (non-hydrogen) atoms. The molecule has 3 atom stereocenters. The summed E-state index contributed by atoms with van der Waals surface area (Å²) in [7, 11) is 0. The highest BCUT2D eigenvalue weighted by Gasteiger charge is 2.51. The monoisotopic (exact) mass is 293 g/mol. The van der Waals surface area contributed by atoms with E-state index in [9.17, 15) is 4.79 Å². The molecule has 1 aliphatic carbocycles. The number of nitrogens with zero attached hydrogens (tertiary/aromatic N) is 1. The van der Waals surface area contributed by atoms with E-state index >= 15 is 0 Å². The molecule has 90 valence electrons. The quantitative estimate of drug-likeness (QED) is 0.778. The van der Waals surface area contributed by atoms with Gasteiger partial charge in [0.15, 0.2) is 0 Å². The van der Waals surface area contributed by atoms with Crippen molar-refractivity contribution in [1.82, 2.24) is 4.90 Å². The fourth-order valence-electron chi connectivity index (χ4n) is 2.96. The summed E-state index contributed by atoms with van der Waals surface area (Å²) in [4.78, 5) is 14.5. The fraction of sp³-hybridized carbons (Fsp3) is 0.500. The first kappa shape index (κ1) is 11.3. The molecule has 3 rings (SSSR count). The van der Waals surface area contributed by atoms with Crippen LogP contribution >= 0.6 is 15.9 Å². The maximum Gasteiger partial charge on any atom is 0.255 e. The highest BCUT2D eigenvalue weighted by Crippen LogP contribution is 2.49. The van der Waals surface area contributed by atoms with Gasteiger partial charge in [-0.2, -0.15) is 0 Å². The Morgan fingerprint density at radius 1 is 1.47 bits per heavy atom. The minimum atomic E-state index is 0.181. The molecule has 0 spiro atoms. The van der Waals surface area contributed by atoms with Crippen LogP contribution in [0.1, 0.15) is 29.3 Å². The van der Waals surface area contributed by atoms with E-state index in [0.29, 0.717) is 6.04 Å². The van der Waals surface area contributed by atoms with Gasteiger partial charge in [0.2, 0.25) is 0 Å². The minimum absolute atomic E-state index is 0.181. The molecule has 2 nitrogen and oxygen atoms in total. The van der Waals surface area contributed by atoms with Gasteiger partial charge in [0.1, 0.15) is 0 Å². The molecule has 1 heterocycles. The van der Waals surface area contributed by atoms with Gasteiger partial charge < -0.3 is 4.90 Å². The molecule has 1 saturated carbocycles. The number of rotatable bonds is 1. The first-order valence-corrected chi connectivity index (χ1v) is 6.95. The van der Waals surface area contributed by atoms with Gasteiger partial charge in [-0.1, -0.05) is 12.1 Å². The number of likely N-dealkylation sites (tertiary alicyclic amines) is 1. The van der Waals surface area contributed by atoms with Gasteiger partial charge >= 0.3 is 0 Å². The van der Waals surface area contributed by atoms with Crippen LogP contribution in [-0.2, 0) is 0 Å². The molecule has 2 aliphatic rings. The molecule has 0 N–H and O–H groups in total. The van der Waals surface area contributed by atoms with Crippen LogP contribution in [0.5, 0.6) is 0 Å². The zero-order valence-corrected chi connectivity index (χ0v) is 11.7. The van der Waals surface area contributed by atoms with Crippen LogP contribution in [0.4, 0.5) is 0 Å². The van der Waals surface area contributed by atoms with Crippen molar-refractivity contribution in [2.24, 2.45) is 11.8 Å². The van der Waals surface area contributed by atoms with Gasteiger partial charge in [-0.3, -0.25) is 4.79 Å². The Bertz CT molecular complexity index is 485. The van der Waals surface area contributed by atoms with Crippen LogP contribution in [0.25, 0.3) is 0 Å². The Hall–Kier alpha value is -0.830. The summed E-state index contributed by atoms with van der Waals surface area (Å²) in [6.07, 6.45) is 1.32. The van der Waals surface area contributed by atoms with Crippen molar-refractivity contribution in [2.45, 2.75) is 26.3 Å². The number of hydrogen-bond donors (Lipinski definition) is 0. The zero-order chi connectivity index (χ0) is 12.2. The van der Waals surface area contributed by atoms with Gasteiger partial charge in [-0.15, -0.1) is 0 Å². The molecular formula is C14H16BrNO. The second-order valence-electron chi connectivity index (χ2n) is 5.29. The summed E-state index contributed by atoms with van der Waals surface area (Å²) in [6, 6.07) is 6.30. The normalized spacial score (nSPS) is 30.3. The second-order valence-corrected chi connectivity index (χ2v) is 6.09. The Morgan fingerprint density at radius 3 is 2.88 bits per heavy atom. The first-order chi connectivity index (χ1) is 8.09. The molecule has 1 aromatic rings. The zero-order valence-electron chi connectivity index (χ0n) is 10.1. The molecule has 0 aromatic heterocycles. The molecule has 3 heteroatoms. The third-order valence-corrected chi connectivity index (χ3v) is 5.26. The summed E-state index contributed by atoms with van der Waals surface area (Å²) >= 11 is 3.53. The molecule has 2 fully saturated rings. The molecule has 1 amide bonds. The van der Waals surface area contributed by atoms with Crippen LogP contribution < -0.4 is 0 Å². The Kier molecular flexibility index (Phi) is 2.54. The maximum absolute atomic E-state index is 12.5. The van der Waals surface area contributed by atoms with Gasteiger partial charge in [-0.05, 0) is 59.7 Å². The Balaban J connectivity index is 1.89. The lowest BCUT2D eigenvalue weighted by atomic mass is 10.1. The second kappa shape index (κ2) is 3.84. The lowest BCUT2D eigenvalue weighted by molar-refractivity contribution is 0.0719. The van der Waals surface area contributed by atoms with E-state index in [1.54, 1.807) is 0 Å². The van der Waals surface area contributed by atoms with Crippen molar-refractivity contribution in [3.8, 4) is 0 Å². The number of halogens is 1. The summed E-state index contributed by atoms with van der Waals surface area (Å²) in [5.41, 5.74) is 1.92. The van der Waals surface area contributed by atoms with Crippen LogP contribution in [0.2, 0.25) is 0 Å². The number of hydrogen-bond acceptors (Lipinski definition) is 1. The molecule has 1 saturated heterocycles. The fourth-order valence-corrected chi connectivity index (χ4v) is 3.39. The first-order valence-electron chi connectivity index (χ1n) is 6.15. The van der Waals surface area contributed by atoms with Gasteiger partial charge in [0.25, 0.3) is 5.91 Å². The molecule has 1 aromatic carbocycles. The number of aryl methyl sites for hydroxylation is 1. The summed E-state index contributed by atoms with van der Waals surface area (Å²) in [5, 5.41) is 0. The van der Waals surface area contributed by atoms with Crippen molar-refractivity contribution in [3.05, 3.63) is 33.8 Å². The third kappa shape index (κ3) is 1.71. The Labute approximate surface area is 110 Å². The number of carbonyl (C=O) groups excluding carboxylic acids is 1. The van der Waals surface area contributed by atoms with Crippen molar-refractivity contribution >= 4 is 21.8 Å². The molecule has 0 bridgehead atoms. The lowest BCUT2D eigenvalue weighted by Crippen LogP contribution is -2.36. The van der Waals surface area contributed by atoms with Crippen molar-refractivity contribution in [2.75, 3.05) is 6.54 Å². The summed E-state index contributed by atoms with van der Waals surface area (Å²) < 4.78 is 0.942. The average Bonchev–Trinajstić information content (AvgIpc) is 3.01. The van der Waals surface area contributed by atoms with Gasteiger partial charge in [0, 0.05) is 17.1 Å². The van der Waals surface area contributed by atoms with Crippen molar-refractivity contribution < 1.29 is 4.79 Å². The summed E-state index contributed by atoms with van der Waals surface area (Å²) in [5.74, 6) is 1.72. The predicted octanol–water partition coefficient (Wildman–Crippen LogP) is 3.24. The van der Waals surface area contributed by atoms with Crippen molar-refractivity contribution in [3.63, 3.8) is 0 Å². The number of benzene rings is 1. The van der Waals surface area contributed by atoms with Gasteiger partial charge in [-0.25, -0.2) is 0 Å². The van der Waals surface area contributed by atoms with Crippen LogP contribution in [0.3, 0.4) is 0 Å². The average molecular weight is 294 g/mol. The van der Waals surface area contributed by atoms with Crippen LogP contribution in [0.15, 0.2) is 22.7 Å². The number of amides is 1. The van der Waals surface area contributed by atoms with Crippen LogP contribution in [-0.4, -0.2) is 23.4 Å². The number of piperidine rings is 1. The molecule has 0 unspecified atom stereocenters. The van der Waals surface area contributed by atoms with E-state index in [2.05, 4.69) is 22.9 Å².